The number of nitrogens with one attached hydrogen (secondary N) is 1. The van der Waals surface area contributed by atoms with E-state index in [1.54, 1.807) is 18.1 Å². The van der Waals surface area contributed by atoms with E-state index in [2.05, 4.69) is 15.4 Å². The van der Waals surface area contributed by atoms with Crippen molar-refractivity contribution in [2.75, 3.05) is 13.7 Å². The van der Waals surface area contributed by atoms with Crippen LogP contribution in [0.1, 0.15) is 44.2 Å². The Morgan fingerprint density at radius 3 is 2.67 bits per heavy atom. The van der Waals surface area contributed by atoms with E-state index in [4.69, 9.17) is 4.74 Å². The fraction of sp³-hybridized carbons (Fsp3) is 0.750. The summed E-state index contributed by atoms with van der Waals surface area (Å²) in [7, 11) is 1.64. The number of carbonyl (C=O) groups excluding carboxylic acids is 1. The van der Waals surface area contributed by atoms with Gasteiger partial charge in [-0.25, -0.2) is 9.67 Å². The number of carbonyl (C=O) groups is 1. The largest absolute Gasteiger partial charge is 0.382 e. The fourth-order valence-electron chi connectivity index (χ4n) is 1.72. The van der Waals surface area contributed by atoms with Crippen molar-refractivity contribution in [3.8, 4) is 0 Å². The second-order valence-electron chi connectivity index (χ2n) is 5.85. The molecule has 1 aliphatic carbocycles. The van der Waals surface area contributed by atoms with Crippen LogP contribution in [-0.4, -0.2) is 39.9 Å². The lowest BCUT2D eigenvalue weighted by atomic mass is 10.1. The Kier molecular flexibility index (Phi) is 3.14. The van der Waals surface area contributed by atoms with Gasteiger partial charge in [-0.1, -0.05) is 0 Å². The van der Waals surface area contributed by atoms with E-state index < -0.39 is 0 Å². The van der Waals surface area contributed by atoms with Crippen LogP contribution in [0.3, 0.4) is 0 Å². The molecule has 0 spiro atoms. The highest BCUT2D eigenvalue weighted by atomic mass is 16.5. The molecule has 1 N–H and O–H groups in total. The van der Waals surface area contributed by atoms with Crippen LogP contribution in [0.2, 0.25) is 0 Å². The normalized spacial score (nSPS) is 17.6. The zero-order chi connectivity index (χ0) is 13.4. The molecule has 1 amide bonds. The zero-order valence-corrected chi connectivity index (χ0v) is 11.4. The van der Waals surface area contributed by atoms with Gasteiger partial charge in [-0.3, -0.25) is 4.79 Å². The SMILES string of the molecule is COCC1(NC(=O)c2ncn(C(C)(C)C)n2)CC1. The second kappa shape index (κ2) is 4.35. The number of ether oxygens (including phenoxy) is 1. The predicted molar refractivity (Wildman–Crippen MR) is 66.3 cm³/mol. The summed E-state index contributed by atoms with van der Waals surface area (Å²) >= 11 is 0. The lowest BCUT2D eigenvalue weighted by Gasteiger charge is -2.18. The first-order chi connectivity index (χ1) is 8.36. The Balaban J connectivity index is 2.04. The smallest absolute Gasteiger partial charge is 0.291 e. The van der Waals surface area contributed by atoms with E-state index in [-0.39, 0.29) is 22.8 Å². The maximum Gasteiger partial charge on any atom is 0.291 e. The first-order valence-electron chi connectivity index (χ1n) is 6.10. The molecule has 0 aromatic carbocycles. The lowest BCUT2D eigenvalue weighted by molar-refractivity contribution is 0.0870. The van der Waals surface area contributed by atoms with Crippen molar-refractivity contribution in [3.63, 3.8) is 0 Å². The highest BCUT2D eigenvalue weighted by molar-refractivity contribution is 5.91. The molecule has 0 bridgehead atoms. The van der Waals surface area contributed by atoms with Gasteiger partial charge < -0.3 is 10.1 Å². The summed E-state index contributed by atoms with van der Waals surface area (Å²) in [4.78, 5) is 16.1. The van der Waals surface area contributed by atoms with Crippen LogP contribution < -0.4 is 5.32 Å². The topological polar surface area (TPSA) is 69.0 Å². The minimum absolute atomic E-state index is 0.171. The van der Waals surface area contributed by atoms with Gasteiger partial charge in [-0.05, 0) is 33.6 Å². The zero-order valence-electron chi connectivity index (χ0n) is 11.4. The van der Waals surface area contributed by atoms with E-state index in [0.717, 1.165) is 12.8 Å². The molecule has 1 fully saturated rings. The van der Waals surface area contributed by atoms with Crippen molar-refractivity contribution >= 4 is 5.91 Å². The van der Waals surface area contributed by atoms with Crippen molar-refractivity contribution in [1.82, 2.24) is 20.1 Å². The van der Waals surface area contributed by atoms with Gasteiger partial charge in [0.2, 0.25) is 5.82 Å². The molecular weight excluding hydrogens is 232 g/mol. The number of hydrogen-bond donors (Lipinski definition) is 1. The number of aromatic nitrogens is 3. The number of nitrogens with zero attached hydrogens (tertiary/aromatic N) is 3. The van der Waals surface area contributed by atoms with Crippen molar-refractivity contribution in [3.05, 3.63) is 12.2 Å². The van der Waals surface area contributed by atoms with Gasteiger partial charge in [0.05, 0.1) is 17.7 Å². The molecule has 1 aromatic heterocycles. The van der Waals surface area contributed by atoms with Gasteiger partial charge in [0.25, 0.3) is 5.91 Å². The van der Waals surface area contributed by atoms with Gasteiger partial charge in [-0.15, -0.1) is 5.10 Å². The van der Waals surface area contributed by atoms with E-state index in [1.807, 2.05) is 20.8 Å². The van der Waals surface area contributed by atoms with Gasteiger partial charge in [-0.2, -0.15) is 0 Å². The van der Waals surface area contributed by atoms with E-state index in [0.29, 0.717) is 6.61 Å². The first kappa shape index (κ1) is 13.0. The standard InChI is InChI=1S/C12H20N4O2/c1-11(2,3)16-8-13-9(15-16)10(17)14-12(5-6-12)7-18-4/h8H,5-7H2,1-4H3,(H,14,17). The average molecular weight is 252 g/mol. The molecule has 1 heterocycles. The van der Waals surface area contributed by atoms with E-state index in [9.17, 15) is 4.79 Å². The third-order valence-electron chi connectivity index (χ3n) is 3.04. The third-order valence-corrected chi connectivity index (χ3v) is 3.04. The molecule has 1 saturated carbocycles. The second-order valence-corrected chi connectivity index (χ2v) is 5.85. The van der Waals surface area contributed by atoms with Gasteiger partial charge in [0, 0.05) is 7.11 Å². The molecule has 1 aromatic rings. The van der Waals surface area contributed by atoms with Crippen molar-refractivity contribution in [2.24, 2.45) is 0 Å². The monoisotopic (exact) mass is 252 g/mol. The van der Waals surface area contributed by atoms with Crippen LogP contribution in [0, 0.1) is 0 Å². The van der Waals surface area contributed by atoms with Crippen molar-refractivity contribution in [1.29, 1.82) is 0 Å². The summed E-state index contributed by atoms with van der Waals surface area (Å²) in [6.07, 6.45) is 3.49. The van der Waals surface area contributed by atoms with E-state index >= 15 is 0 Å². The number of hydrogen-bond acceptors (Lipinski definition) is 4. The van der Waals surface area contributed by atoms with Crippen molar-refractivity contribution < 1.29 is 9.53 Å². The minimum Gasteiger partial charge on any atom is -0.382 e. The molecule has 0 unspecified atom stereocenters. The Morgan fingerprint density at radius 2 is 2.22 bits per heavy atom. The third kappa shape index (κ3) is 2.69. The molecule has 0 aliphatic heterocycles. The maximum absolute atomic E-state index is 12.0. The molecular formula is C12H20N4O2. The van der Waals surface area contributed by atoms with Gasteiger partial charge in [0.1, 0.15) is 6.33 Å². The van der Waals surface area contributed by atoms with Gasteiger partial charge >= 0.3 is 0 Å². The Morgan fingerprint density at radius 1 is 1.56 bits per heavy atom. The molecule has 100 valence electrons. The fourth-order valence-corrected chi connectivity index (χ4v) is 1.72. The number of amides is 1. The highest BCUT2D eigenvalue weighted by Crippen LogP contribution is 2.35. The summed E-state index contributed by atoms with van der Waals surface area (Å²) in [5.41, 5.74) is -0.367. The summed E-state index contributed by atoms with van der Waals surface area (Å²) in [6, 6.07) is 0. The van der Waals surface area contributed by atoms with Crippen molar-refractivity contribution in [2.45, 2.75) is 44.7 Å². The van der Waals surface area contributed by atoms with Crippen LogP contribution in [-0.2, 0) is 10.3 Å². The minimum atomic E-state index is -0.229. The maximum atomic E-state index is 12.0. The molecule has 6 nitrogen and oxygen atoms in total. The first-order valence-corrected chi connectivity index (χ1v) is 6.10. The Bertz CT molecular complexity index is 443. The number of rotatable bonds is 4. The average Bonchev–Trinajstić information content (AvgIpc) is 2.81. The highest BCUT2D eigenvalue weighted by Gasteiger charge is 2.44. The molecule has 6 heteroatoms. The van der Waals surface area contributed by atoms with Crippen LogP contribution in [0.25, 0.3) is 0 Å². The summed E-state index contributed by atoms with van der Waals surface area (Å²) in [5.74, 6) is -0.0140. The predicted octanol–water partition coefficient (Wildman–Crippen LogP) is 0.942. The lowest BCUT2D eigenvalue weighted by Crippen LogP contribution is -2.40. The number of methoxy groups -OCH3 is 1. The summed E-state index contributed by atoms with van der Waals surface area (Å²) in [5, 5.41) is 7.15. The Hall–Kier alpha value is -1.43. The van der Waals surface area contributed by atoms with Crippen LogP contribution in [0.15, 0.2) is 6.33 Å². The van der Waals surface area contributed by atoms with E-state index in [1.165, 1.54) is 0 Å². The molecule has 0 atom stereocenters. The molecule has 1 aliphatic rings. The summed E-state index contributed by atoms with van der Waals surface area (Å²) < 4.78 is 6.80. The Labute approximate surface area is 107 Å². The molecule has 2 rings (SSSR count). The van der Waals surface area contributed by atoms with Crippen LogP contribution in [0.5, 0.6) is 0 Å². The van der Waals surface area contributed by atoms with Gasteiger partial charge in [0.15, 0.2) is 0 Å². The van der Waals surface area contributed by atoms with Crippen LogP contribution in [0.4, 0.5) is 0 Å². The molecule has 0 radical (unpaired) electrons. The summed E-state index contributed by atoms with van der Waals surface area (Å²) in [6.45, 7) is 6.57. The molecule has 0 saturated heterocycles. The molecule has 18 heavy (non-hydrogen) atoms. The van der Waals surface area contributed by atoms with Crippen LogP contribution >= 0.6 is 0 Å². The quantitative estimate of drug-likeness (QED) is 0.866.